The van der Waals surface area contributed by atoms with Gasteiger partial charge in [-0.2, -0.15) is 0 Å². The molecule has 0 spiro atoms. The summed E-state index contributed by atoms with van der Waals surface area (Å²) in [5.74, 6) is 0. The van der Waals surface area contributed by atoms with Gasteiger partial charge in [0.2, 0.25) is 0 Å². The fourth-order valence-electron chi connectivity index (χ4n) is 0.658. The van der Waals surface area contributed by atoms with Gasteiger partial charge < -0.3 is 15.0 Å². The van der Waals surface area contributed by atoms with Gasteiger partial charge in [-0.3, -0.25) is 0 Å². The van der Waals surface area contributed by atoms with Gasteiger partial charge in [-0.1, -0.05) is 19.8 Å². The van der Waals surface area contributed by atoms with Crippen LogP contribution in [0.5, 0.6) is 0 Å². The quantitative estimate of drug-likeness (QED) is 0.541. The largest absolute Gasteiger partial charge is 0.393 e. The molecule has 3 nitrogen and oxygen atoms in total. The topological polar surface area (TPSA) is 57.5 Å². The van der Waals surface area contributed by atoms with Crippen LogP contribution in [0.3, 0.4) is 0 Å². The molecule has 60 valence electrons. The standard InChI is InChI=1S/C7H14O3/c1-2-3-4-7(10,5-8)6-9/h5,9-10H,2-4,6H2,1H3. The normalized spacial score (nSPS) is 16.3. The van der Waals surface area contributed by atoms with Crippen LogP contribution in [0, 0.1) is 0 Å². The zero-order valence-corrected chi connectivity index (χ0v) is 6.21. The molecule has 1 atom stereocenters. The van der Waals surface area contributed by atoms with Gasteiger partial charge in [-0.25, -0.2) is 0 Å². The first-order valence-corrected chi connectivity index (χ1v) is 3.48. The average Bonchev–Trinajstić information content (AvgIpc) is 2.00. The summed E-state index contributed by atoms with van der Waals surface area (Å²) in [5, 5.41) is 17.7. The molecule has 0 aliphatic heterocycles. The second-order valence-corrected chi connectivity index (χ2v) is 2.48. The molecular weight excluding hydrogens is 132 g/mol. The minimum Gasteiger partial charge on any atom is -0.393 e. The van der Waals surface area contributed by atoms with Crippen LogP contribution in [-0.2, 0) is 4.79 Å². The van der Waals surface area contributed by atoms with Crippen LogP contribution in [0.1, 0.15) is 26.2 Å². The molecule has 0 aromatic rings. The summed E-state index contributed by atoms with van der Waals surface area (Å²) in [6, 6.07) is 0. The third kappa shape index (κ3) is 2.94. The Kier molecular flexibility index (Phi) is 4.23. The summed E-state index contributed by atoms with van der Waals surface area (Å²) >= 11 is 0. The van der Waals surface area contributed by atoms with Crippen LogP contribution in [0.15, 0.2) is 0 Å². The lowest BCUT2D eigenvalue weighted by atomic mass is 10.00. The molecule has 0 amide bonds. The van der Waals surface area contributed by atoms with E-state index in [9.17, 15) is 4.79 Å². The molecule has 0 heterocycles. The third-order valence-corrected chi connectivity index (χ3v) is 1.46. The van der Waals surface area contributed by atoms with E-state index in [2.05, 4.69) is 0 Å². The molecular formula is C7H14O3. The lowest BCUT2D eigenvalue weighted by molar-refractivity contribution is -0.128. The van der Waals surface area contributed by atoms with Crippen LogP contribution in [0.2, 0.25) is 0 Å². The second kappa shape index (κ2) is 4.41. The highest BCUT2D eigenvalue weighted by atomic mass is 16.3. The molecule has 0 saturated carbocycles. The monoisotopic (exact) mass is 146 g/mol. The maximum absolute atomic E-state index is 10.2. The minimum absolute atomic E-state index is 0.351. The highest BCUT2D eigenvalue weighted by Gasteiger charge is 2.23. The molecule has 0 rings (SSSR count). The highest BCUT2D eigenvalue weighted by Crippen LogP contribution is 2.09. The Balaban J connectivity index is 3.68. The van der Waals surface area contributed by atoms with E-state index in [1.54, 1.807) is 0 Å². The van der Waals surface area contributed by atoms with E-state index in [0.29, 0.717) is 12.7 Å². The summed E-state index contributed by atoms with van der Waals surface area (Å²) in [4.78, 5) is 10.2. The first-order chi connectivity index (χ1) is 4.68. The number of unbranched alkanes of at least 4 members (excludes halogenated alkanes) is 1. The molecule has 0 saturated heterocycles. The van der Waals surface area contributed by atoms with E-state index in [0.717, 1.165) is 12.8 Å². The number of hydrogen-bond acceptors (Lipinski definition) is 3. The van der Waals surface area contributed by atoms with Crippen molar-refractivity contribution >= 4 is 6.29 Å². The van der Waals surface area contributed by atoms with Crippen molar-refractivity contribution in [2.75, 3.05) is 6.61 Å². The number of aliphatic hydroxyl groups excluding tert-OH is 1. The summed E-state index contributed by atoms with van der Waals surface area (Å²) in [5.41, 5.74) is -1.49. The summed E-state index contributed by atoms with van der Waals surface area (Å²) in [6.07, 6.45) is 2.43. The SMILES string of the molecule is CCCCC(O)(C=O)CO. The fourth-order valence-corrected chi connectivity index (χ4v) is 0.658. The third-order valence-electron chi connectivity index (χ3n) is 1.46. The molecule has 2 N–H and O–H groups in total. The van der Waals surface area contributed by atoms with Crippen molar-refractivity contribution in [1.82, 2.24) is 0 Å². The van der Waals surface area contributed by atoms with Gasteiger partial charge in [-0.15, -0.1) is 0 Å². The van der Waals surface area contributed by atoms with Crippen LogP contribution in [0.4, 0.5) is 0 Å². The predicted octanol–water partition coefficient (Wildman–Crippen LogP) is 0.0989. The summed E-state index contributed by atoms with van der Waals surface area (Å²) < 4.78 is 0. The highest BCUT2D eigenvalue weighted by molar-refractivity contribution is 5.61. The zero-order valence-electron chi connectivity index (χ0n) is 6.21. The maximum atomic E-state index is 10.2. The van der Waals surface area contributed by atoms with E-state index in [1.807, 2.05) is 6.92 Å². The van der Waals surface area contributed by atoms with Crippen molar-refractivity contribution in [3.8, 4) is 0 Å². The van der Waals surface area contributed by atoms with Crippen molar-refractivity contribution in [2.24, 2.45) is 0 Å². The van der Waals surface area contributed by atoms with E-state index in [1.165, 1.54) is 0 Å². The van der Waals surface area contributed by atoms with Gasteiger partial charge in [0, 0.05) is 0 Å². The van der Waals surface area contributed by atoms with Crippen LogP contribution < -0.4 is 0 Å². The molecule has 1 unspecified atom stereocenters. The zero-order chi connectivity index (χ0) is 8.04. The Morgan fingerprint density at radius 1 is 1.60 bits per heavy atom. The van der Waals surface area contributed by atoms with Gasteiger partial charge in [0.15, 0.2) is 6.29 Å². The van der Waals surface area contributed by atoms with Gasteiger partial charge in [0.25, 0.3) is 0 Å². The Hall–Kier alpha value is -0.410. The van der Waals surface area contributed by atoms with E-state index in [-0.39, 0.29) is 0 Å². The Labute approximate surface area is 60.7 Å². The molecule has 10 heavy (non-hydrogen) atoms. The van der Waals surface area contributed by atoms with E-state index in [4.69, 9.17) is 10.2 Å². The minimum atomic E-state index is -1.49. The van der Waals surface area contributed by atoms with Gasteiger partial charge in [0.1, 0.15) is 5.60 Å². The number of carbonyl (C=O) groups is 1. The Morgan fingerprint density at radius 2 is 2.20 bits per heavy atom. The number of rotatable bonds is 5. The molecule has 3 heteroatoms. The van der Waals surface area contributed by atoms with E-state index < -0.39 is 12.2 Å². The molecule has 0 aliphatic rings. The smallest absolute Gasteiger partial charge is 0.153 e. The molecule has 0 aliphatic carbocycles. The summed E-state index contributed by atoms with van der Waals surface area (Å²) in [7, 11) is 0. The first-order valence-electron chi connectivity index (χ1n) is 3.48. The number of hydrogen-bond donors (Lipinski definition) is 2. The van der Waals surface area contributed by atoms with Gasteiger partial charge >= 0.3 is 0 Å². The van der Waals surface area contributed by atoms with Gasteiger partial charge in [0.05, 0.1) is 6.61 Å². The van der Waals surface area contributed by atoms with Crippen LogP contribution >= 0.6 is 0 Å². The molecule has 0 aromatic heterocycles. The van der Waals surface area contributed by atoms with Gasteiger partial charge in [-0.05, 0) is 6.42 Å². The van der Waals surface area contributed by atoms with Crippen molar-refractivity contribution in [2.45, 2.75) is 31.8 Å². The van der Waals surface area contributed by atoms with Crippen molar-refractivity contribution in [3.63, 3.8) is 0 Å². The Morgan fingerprint density at radius 3 is 2.50 bits per heavy atom. The molecule has 0 aromatic carbocycles. The molecule has 0 fully saturated rings. The van der Waals surface area contributed by atoms with Crippen molar-refractivity contribution < 1.29 is 15.0 Å². The molecule has 0 bridgehead atoms. The second-order valence-electron chi connectivity index (χ2n) is 2.48. The van der Waals surface area contributed by atoms with E-state index >= 15 is 0 Å². The fraction of sp³-hybridized carbons (Fsp3) is 0.857. The molecule has 0 radical (unpaired) electrons. The average molecular weight is 146 g/mol. The van der Waals surface area contributed by atoms with Crippen LogP contribution in [0.25, 0.3) is 0 Å². The lowest BCUT2D eigenvalue weighted by Gasteiger charge is -2.17. The first kappa shape index (κ1) is 9.59. The van der Waals surface area contributed by atoms with Crippen molar-refractivity contribution in [3.05, 3.63) is 0 Å². The Bertz CT molecular complexity index is 103. The number of carbonyl (C=O) groups excluding carboxylic acids is 1. The lowest BCUT2D eigenvalue weighted by Crippen LogP contribution is -2.34. The van der Waals surface area contributed by atoms with Crippen molar-refractivity contribution in [1.29, 1.82) is 0 Å². The number of aliphatic hydroxyl groups is 2. The maximum Gasteiger partial charge on any atom is 0.153 e. The van der Waals surface area contributed by atoms with Crippen LogP contribution in [-0.4, -0.2) is 28.7 Å². The number of aldehydes is 1. The summed E-state index contributed by atoms with van der Waals surface area (Å²) in [6.45, 7) is 1.49. The predicted molar refractivity (Wildman–Crippen MR) is 37.6 cm³/mol.